The van der Waals surface area contributed by atoms with Gasteiger partial charge in [0.25, 0.3) is 0 Å². The van der Waals surface area contributed by atoms with Crippen LogP contribution in [0.2, 0.25) is 0 Å². The molecule has 158 valence electrons. The summed E-state index contributed by atoms with van der Waals surface area (Å²) < 4.78 is 11.9. The first-order valence-corrected chi connectivity index (χ1v) is 12.0. The normalized spacial score (nSPS) is 11.5. The van der Waals surface area contributed by atoms with Crippen LogP contribution in [-0.2, 0) is 13.1 Å². The molecule has 2 aromatic heterocycles. The van der Waals surface area contributed by atoms with Crippen molar-refractivity contribution in [3.05, 3.63) is 32.6 Å². The van der Waals surface area contributed by atoms with Gasteiger partial charge in [0.05, 0.1) is 23.0 Å². The summed E-state index contributed by atoms with van der Waals surface area (Å²) in [5.41, 5.74) is 0. The van der Waals surface area contributed by atoms with E-state index in [1.807, 2.05) is 0 Å². The van der Waals surface area contributed by atoms with E-state index in [1.54, 1.807) is 22.7 Å². The Hall–Kier alpha value is -1.08. The fourth-order valence-corrected chi connectivity index (χ4v) is 4.86. The van der Waals surface area contributed by atoms with Crippen molar-refractivity contribution in [1.29, 1.82) is 0 Å². The molecule has 0 aromatic carbocycles. The van der Waals surface area contributed by atoms with Crippen molar-refractivity contribution < 1.29 is 9.47 Å². The van der Waals surface area contributed by atoms with Gasteiger partial charge >= 0.3 is 0 Å². The molecule has 0 aliphatic heterocycles. The van der Waals surface area contributed by atoms with Gasteiger partial charge in [0.15, 0.2) is 0 Å². The van der Waals surface area contributed by atoms with Crippen molar-refractivity contribution in [3.63, 3.8) is 0 Å². The van der Waals surface area contributed by atoms with Crippen LogP contribution in [0.4, 0.5) is 0 Å². The van der Waals surface area contributed by atoms with Gasteiger partial charge in [-0.15, -0.1) is 22.7 Å². The van der Waals surface area contributed by atoms with Crippen molar-refractivity contribution in [3.8, 4) is 11.5 Å². The number of thiophene rings is 2. The van der Waals surface area contributed by atoms with E-state index in [-0.39, 0.29) is 0 Å². The Morgan fingerprint density at radius 2 is 1.04 bits per heavy atom. The second-order valence-corrected chi connectivity index (χ2v) is 9.71. The highest BCUT2D eigenvalue weighted by Crippen LogP contribution is 2.27. The summed E-state index contributed by atoms with van der Waals surface area (Å²) in [5, 5.41) is 4.24. The Kier molecular flexibility index (Phi) is 10.9. The molecular formula is C22H36N2O2S2. The lowest BCUT2D eigenvalue weighted by Gasteiger charge is -2.11. The lowest BCUT2D eigenvalue weighted by molar-refractivity contribution is 0.290. The maximum absolute atomic E-state index is 5.96. The lowest BCUT2D eigenvalue weighted by Crippen LogP contribution is -2.10. The first kappa shape index (κ1) is 23.2. The minimum atomic E-state index is 0.826. The Bertz CT molecular complexity index is 596. The second kappa shape index (κ2) is 13.2. The van der Waals surface area contributed by atoms with E-state index in [1.165, 1.54) is 35.4 Å². The SMILES string of the molecule is CN(C)Cc1sccc1OCCCCCCCCOc1ccsc1CN(C)C. The topological polar surface area (TPSA) is 24.9 Å². The van der Waals surface area contributed by atoms with Crippen LogP contribution in [0.3, 0.4) is 0 Å². The van der Waals surface area contributed by atoms with E-state index in [0.717, 1.165) is 50.6 Å². The molecule has 0 aliphatic carbocycles. The quantitative estimate of drug-likeness (QED) is 0.341. The van der Waals surface area contributed by atoms with Crippen molar-refractivity contribution >= 4 is 22.7 Å². The predicted octanol–water partition coefficient (Wildman–Crippen LogP) is 5.73. The van der Waals surface area contributed by atoms with Crippen molar-refractivity contribution in [2.45, 2.75) is 51.6 Å². The summed E-state index contributed by atoms with van der Waals surface area (Å²) >= 11 is 3.56. The molecule has 2 rings (SSSR count). The highest BCUT2D eigenvalue weighted by molar-refractivity contribution is 7.10. The number of hydrogen-bond acceptors (Lipinski definition) is 6. The van der Waals surface area contributed by atoms with Crippen LogP contribution in [0.25, 0.3) is 0 Å². The molecule has 0 amide bonds. The summed E-state index contributed by atoms with van der Waals surface area (Å²) in [6.07, 6.45) is 7.31. The molecule has 0 spiro atoms. The molecule has 0 aliphatic rings. The third-order valence-corrected chi connectivity index (χ3v) is 6.16. The van der Waals surface area contributed by atoms with Gasteiger partial charge < -0.3 is 19.3 Å². The molecule has 2 heterocycles. The molecule has 0 atom stereocenters. The molecule has 2 aromatic rings. The van der Waals surface area contributed by atoms with Gasteiger partial charge in [0, 0.05) is 13.1 Å². The number of rotatable bonds is 15. The van der Waals surface area contributed by atoms with Gasteiger partial charge in [0.2, 0.25) is 0 Å². The molecule has 6 heteroatoms. The monoisotopic (exact) mass is 424 g/mol. The van der Waals surface area contributed by atoms with Crippen LogP contribution in [0.5, 0.6) is 11.5 Å². The minimum absolute atomic E-state index is 0.826. The Morgan fingerprint density at radius 3 is 1.43 bits per heavy atom. The van der Waals surface area contributed by atoms with E-state index in [0.29, 0.717) is 0 Å². The summed E-state index contributed by atoms with van der Waals surface area (Å²) in [6.45, 7) is 3.56. The van der Waals surface area contributed by atoms with E-state index in [9.17, 15) is 0 Å². The van der Waals surface area contributed by atoms with Crippen molar-refractivity contribution in [2.24, 2.45) is 0 Å². The molecule has 0 radical (unpaired) electrons. The van der Waals surface area contributed by atoms with E-state index < -0.39 is 0 Å². The summed E-state index contributed by atoms with van der Waals surface area (Å²) in [7, 11) is 8.38. The summed E-state index contributed by atoms with van der Waals surface area (Å²) in [6, 6.07) is 4.20. The summed E-state index contributed by atoms with van der Waals surface area (Å²) in [5.74, 6) is 2.14. The molecule has 0 unspecified atom stereocenters. The largest absolute Gasteiger partial charge is 0.492 e. The zero-order chi connectivity index (χ0) is 20.2. The molecule has 0 bridgehead atoms. The molecule has 4 nitrogen and oxygen atoms in total. The van der Waals surface area contributed by atoms with Gasteiger partial charge in [0.1, 0.15) is 11.5 Å². The average molecular weight is 425 g/mol. The zero-order valence-corrected chi connectivity index (χ0v) is 19.5. The average Bonchev–Trinajstić information content (AvgIpc) is 3.25. The van der Waals surface area contributed by atoms with Crippen LogP contribution in [-0.4, -0.2) is 51.2 Å². The summed E-state index contributed by atoms with van der Waals surface area (Å²) in [4.78, 5) is 7.02. The van der Waals surface area contributed by atoms with Crippen molar-refractivity contribution in [2.75, 3.05) is 41.4 Å². The van der Waals surface area contributed by atoms with Crippen LogP contribution < -0.4 is 9.47 Å². The smallest absolute Gasteiger partial charge is 0.134 e. The fourth-order valence-electron chi connectivity index (χ4n) is 3.00. The minimum Gasteiger partial charge on any atom is -0.492 e. The van der Waals surface area contributed by atoms with Crippen LogP contribution in [0.15, 0.2) is 22.9 Å². The molecular weight excluding hydrogens is 388 g/mol. The third kappa shape index (κ3) is 8.95. The highest BCUT2D eigenvalue weighted by Gasteiger charge is 2.07. The van der Waals surface area contributed by atoms with Gasteiger partial charge in [-0.1, -0.05) is 25.7 Å². The highest BCUT2D eigenvalue weighted by atomic mass is 32.1. The molecule has 0 N–H and O–H groups in total. The molecule has 0 saturated carbocycles. The first-order valence-electron chi connectivity index (χ1n) is 10.2. The zero-order valence-electron chi connectivity index (χ0n) is 17.9. The van der Waals surface area contributed by atoms with E-state index in [2.05, 4.69) is 60.9 Å². The van der Waals surface area contributed by atoms with Gasteiger partial charge in [-0.25, -0.2) is 0 Å². The third-order valence-electron chi connectivity index (χ3n) is 4.38. The maximum atomic E-state index is 5.96. The Labute approximate surface area is 179 Å². The molecule has 0 fully saturated rings. The fraction of sp³-hybridized carbons (Fsp3) is 0.636. The lowest BCUT2D eigenvalue weighted by atomic mass is 10.1. The standard InChI is InChI=1S/C22H36N2O2S2/c1-23(2)17-21-19(11-15-27-21)25-13-9-7-5-6-8-10-14-26-20-12-16-28-22(20)18-24(3)4/h11-12,15-16H,5-10,13-14,17-18H2,1-4H3. The molecule has 28 heavy (non-hydrogen) atoms. The second-order valence-electron chi connectivity index (χ2n) is 7.71. The number of ether oxygens (including phenoxy) is 2. The molecule has 0 saturated heterocycles. The van der Waals surface area contributed by atoms with E-state index >= 15 is 0 Å². The Morgan fingerprint density at radius 1 is 0.643 bits per heavy atom. The number of hydrogen-bond donors (Lipinski definition) is 0. The van der Waals surface area contributed by atoms with Crippen molar-refractivity contribution in [1.82, 2.24) is 9.80 Å². The van der Waals surface area contributed by atoms with Crippen LogP contribution in [0, 0.1) is 0 Å². The van der Waals surface area contributed by atoms with Crippen LogP contribution in [0.1, 0.15) is 48.3 Å². The number of nitrogens with zero attached hydrogens (tertiary/aromatic N) is 2. The maximum Gasteiger partial charge on any atom is 0.134 e. The van der Waals surface area contributed by atoms with E-state index in [4.69, 9.17) is 9.47 Å². The Balaban J connectivity index is 1.46. The predicted molar refractivity (Wildman–Crippen MR) is 122 cm³/mol. The van der Waals surface area contributed by atoms with Gasteiger partial charge in [-0.3, -0.25) is 0 Å². The number of unbranched alkanes of at least 4 members (excludes halogenated alkanes) is 5. The first-order chi connectivity index (χ1) is 13.6. The van der Waals surface area contributed by atoms with Gasteiger partial charge in [-0.05, 0) is 63.9 Å². The van der Waals surface area contributed by atoms with Crippen LogP contribution >= 0.6 is 22.7 Å². The van der Waals surface area contributed by atoms with Gasteiger partial charge in [-0.2, -0.15) is 0 Å².